The minimum Gasteiger partial charge on any atom is -0.356 e. The van der Waals surface area contributed by atoms with E-state index in [9.17, 15) is 0 Å². The third-order valence-corrected chi connectivity index (χ3v) is 2.44. The Hall–Kier alpha value is -0.160. The Balaban J connectivity index is 1.89. The molecule has 0 amide bonds. The first-order valence-corrected chi connectivity index (χ1v) is 4.20. The predicted molar refractivity (Wildman–Crippen MR) is 40.6 cm³/mol. The zero-order chi connectivity index (χ0) is 8.55. The van der Waals surface area contributed by atoms with Gasteiger partial charge in [-0.2, -0.15) is 0 Å². The van der Waals surface area contributed by atoms with E-state index in [0.29, 0.717) is 0 Å². The van der Waals surface area contributed by atoms with E-state index < -0.39 is 0 Å². The Morgan fingerprint density at radius 1 is 0.917 bits per heavy atom. The van der Waals surface area contributed by atoms with Crippen LogP contribution in [-0.2, 0) is 18.9 Å². The smallest absolute Gasteiger partial charge is 0.160 e. The molecule has 0 aromatic rings. The molecule has 4 unspecified atom stereocenters. The summed E-state index contributed by atoms with van der Waals surface area (Å²) in [6.07, 6.45) is 1.80. The average molecular weight is 174 g/mol. The molecule has 0 aromatic carbocycles. The van der Waals surface area contributed by atoms with E-state index in [4.69, 9.17) is 18.9 Å². The highest BCUT2D eigenvalue weighted by molar-refractivity contribution is 4.85. The summed E-state index contributed by atoms with van der Waals surface area (Å²) in [6, 6.07) is 0. The van der Waals surface area contributed by atoms with Gasteiger partial charge < -0.3 is 18.9 Å². The Morgan fingerprint density at radius 3 is 1.67 bits per heavy atom. The van der Waals surface area contributed by atoms with Gasteiger partial charge in [0.1, 0.15) is 0 Å². The number of ether oxygens (including phenoxy) is 4. The summed E-state index contributed by atoms with van der Waals surface area (Å²) < 4.78 is 21.2. The summed E-state index contributed by atoms with van der Waals surface area (Å²) in [5, 5.41) is 0. The van der Waals surface area contributed by atoms with E-state index in [1.165, 1.54) is 0 Å². The number of methoxy groups -OCH3 is 2. The van der Waals surface area contributed by atoms with Crippen LogP contribution in [0.4, 0.5) is 0 Å². The molecule has 0 radical (unpaired) electrons. The SMILES string of the molecule is COC1CC2OC(OC)CC2O1. The van der Waals surface area contributed by atoms with Gasteiger partial charge in [-0.05, 0) is 0 Å². The van der Waals surface area contributed by atoms with Crippen molar-refractivity contribution in [2.24, 2.45) is 0 Å². The molecule has 12 heavy (non-hydrogen) atoms. The lowest BCUT2D eigenvalue weighted by atomic mass is 10.2. The number of hydrogen-bond acceptors (Lipinski definition) is 4. The zero-order valence-corrected chi connectivity index (χ0v) is 7.36. The van der Waals surface area contributed by atoms with Crippen LogP contribution < -0.4 is 0 Å². The van der Waals surface area contributed by atoms with Gasteiger partial charge in [0.15, 0.2) is 12.6 Å². The van der Waals surface area contributed by atoms with Crippen LogP contribution in [0.1, 0.15) is 12.8 Å². The molecular weight excluding hydrogens is 160 g/mol. The highest BCUT2D eigenvalue weighted by Crippen LogP contribution is 2.34. The molecule has 4 nitrogen and oxygen atoms in total. The predicted octanol–water partition coefficient (Wildman–Crippen LogP) is 0.509. The van der Waals surface area contributed by atoms with E-state index >= 15 is 0 Å². The van der Waals surface area contributed by atoms with Crippen molar-refractivity contribution in [3.63, 3.8) is 0 Å². The first-order valence-electron chi connectivity index (χ1n) is 4.20. The fourth-order valence-electron chi connectivity index (χ4n) is 1.77. The molecule has 0 spiro atoms. The summed E-state index contributed by atoms with van der Waals surface area (Å²) in [4.78, 5) is 0. The number of hydrogen-bond donors (Lipinski definition) is 0. The van der Waals surface area contributed by atoms with Gasteiger partial charge in [-0.15, -0.1) is 0 Å². The van der Waals surface area contributed by atoms with E-state index in [1.54, 1.807) is 14.2 Å². The van der Waals surface area contributed by atoms with Crippen LogP contribution in [0.2, 0.25) is 0 Å². The molecule has 70 valence electrons. The van der Waals surface area contributed by atoms with Gasteiger partial charge in [0.25, 0.3) is 0 Å². The quantitative estimate of drug-likeness (QED) is 0.611. The van der Waals surface area contributed by atoms with Crippen molar-refractivity contribution in [2.45, 2.75) is 37.6 Å². The Labute approximate surface area is 71.7 Å². The molecule has 2 heterocycles. The minimum absolute atomic E-state index is 0.0854. The topological polar surface area (TPSA) is 36.9 Å². The first kappa shape index (κ1) is 8.44. The molecule has 2 fully saturated rings. The minimum atomic E-state index is -0.0854. The van der Waals surface area contributed by atoms with Gasteiger partial charge in [-0.25, -0.2) is 0 Å². The average Bonchev–Trinajstić information content (AvgIpc) is 2.59. The lowest BCUT2D eigenvalue weighted by molar-refractivity contribution is -0.137. The second-order valence-electron chi connectivity index (χ2n) is 3.15. The van der Waals surface area contributed by atoms with E-state index in [0.717, 1.165) is 12.8 Å². The van der Waals surface area contributed by atoms with Gasteiger partial charge in [0.2, 0.25) is 0 Å². The molecule has 0 aliphatic carbocycles. The maximum absolute atomic E-state index is 5.54. The lowest BCUT2D eigenvalue weighted by Gasteiger charge is -2.12. The van der Waals surface area contributed by atoms with Crippen molar-refractivity contribution in [1.29, 1.82) is 0 Å². The molecule has 4 heteroatoms. The van der Waals surface area contributed by atoms with Crippen LogP contribution >= 0.6 is 0 Å². The fourth-order valence-corrected chi connectivity index (χ4v) is 1.77. The van der Waals surface area contributed by atoms with Crippen molar-refractivity contribution in [3.8, 4) is 0 Å². The van der Waals surface area contributed by atoms with Crippen molar-refractivity contribution >= 4 is 0 Å². The van der Waals surface area contributed by atoms with Gasteiger partial charge in [-0.1, -0.05) is 0 Å². The van der Waals surface area contributed by atoms with Crippen molar-refractivity contribution in [1.82, 2.24) is 0 Å². The molecule has 2 aliphatic heterocycles. The van der Waals surface area contributed by atoms with Crippen LogP contribution in [0.5, 0.6) is 0 Å². The van der Waals surface area contributed by atoms with Gasteiger partial charge in [0.05, 0.1) is 12.2 Å². The first-order chi connectivity index (χ1) is 5.83. The number of rotatable bonds is 2. The molecule has 0 bridgehead atoms. The third-order valence-electron chi connectivity index (χ3n) is 2.44. The van der Waals surface area contributed by atoms with Crippen LogP contribution in [0.3, 0.4) is 0 Å². The van der Waals surface area contributed by atoms with E-state index in [2.05, 4.69) is 0 Å². The normalized spacial score (nSPS) is 46.5. The molecule has 2 rings (SSSR count). The summed E-state index contributed by atoms with van der Waals surface area (Å²) >= 11 is 0. The van der Waals surface area contributed by atoms with Crippen LogP contribution in [0.25, 0.3) is 0 Å². The Bertz CT molecular complexity index is 131. The summed E-state index contributed by atoms with van der Waals surface area (Å²) in [5.41, 5.74) is 0. The highest BCUT2D eigenvalue weighted by atomic mass is 16.7. The summed E-state index contributed by atoms with van der Waals surface area (Å²) in [6.45, 7) is 0. The molecule has 0 aromatic heterocycles. The molecule has 2 saturated heterocycles. The Morgan fingerprint density at radius 2 is 1.33 bits per heavy atom. The lowest BCUT2D eigenvalue weighted by Crippen LogP contribution is -2.16. The third kappa shape index (κ3) is 1.35. The zero-order valence-electron chi connectivity index (χ0n) is 7.36. The van der Waals surface area contributed by atoms with Crippen molar-refractivity contribution in [2.75, 3.05) is 14.2 Å². The Kier molecular flexibility index (Phi) is 2.32. The number of fused-ring (bicyclic) bond motifs is 1. The highest BCUT2D eigenvalue weighted by Gasteiger charge is 2.44. The van der Waals surface area contributed by atoms with Crippen molar-refractivity contribution < 1.29 is 18.9 Å². The largest absolute Gasteiger partial charge is 0.356 e. The molecular formula is C8H14O4. The summed E-state index contributed by atoms with van der Waals surface area (Å²) in [7, 11) is 3.30. The van der Waals surface area contributed by atoms with Crippen LogP contribution in [0.15, 0.2) is 0 Å². The van der Waals surface area contributed by atoms with Crippen LogP contribution in [0, 0.1) is 0 Å². The van der Waals surface area contributed by atoms with Gasteiger partial charge in [0, 0.05) is 27.1 Å². The molecule has 0 N–H and O–H groups in total. The van der Waals surface area contributed by atoms with E-state index in [1.807, 2.05) is 0 Å². The van der Waals surface area contributed by atoms with Gasteiger partial charge in [-0.3, -0.25) is 0 Å². The maximum Gasteiger partial charge on any atom is 0.160 e. The van der Waals surface area contributed by atoms with Crippen LogP contribution in [-0.4, -0.2) is 39.0 Å². The molecule has 2 aliphatic rings. The second-order valence-corrected chi connectivity index (χ2v) is 3.15. The standard InChI is InChI=1S/C8H14O4/c1-9-7-3-5-6(11-7)4-8(10-2)12-5/h5-8H,3-4H2,1-2H3. The van der Waals surface area contributed by atoms with Crippen molar-refractivity contribution in [3.05, 3.63) is 0 Å². The van der Waals surface area contributed by atoms with E-state index in [-0.39, 0.29) is 24.8 Å². The monoisotopic (exact) mass is 174 g/mol. The molecule has 0 saturated carbocycles. The molecule has 4 atom stereocenters. The summed E-state index contributed by atoms with van der Waals surface area (Å²) in [5.74, 6) is 0. The second kappa shape index (κ2) is 3.30. The van der Waals surface area contributed by atoms with Gasteiger partial charge >= 0.3 is 0 Å². The fraction of sp³-hybridized carbons (Fsp3) is 1.00. The maximum atomic E-state index is 5.54.